The van der Waals surface area contributed by atoms with Crippen molar-refractivity contribution in [2.24, 2.45) is 0 Å². The van der Waals surface area contributed by atoms with Gasteiger partial charge < -0.3 is 24.3 Å². The monoisotopic (exact) mass is 413 g/mol. The molecule has 30 heavy (non-hydrogen) atoms. The minimum Gasteiger partial charge on any atom is -0.493 e. The SMILES string of the molecule is C/C=C/c1ccc(OCC(=O)NC(C)c2ccc(OCC)c(OCC)c2)c(OC)c1. The van der Waals surface area contributed by atoms with E-state index in [4.69, 9.17) is 18.9 Å². The zero-order valence-electron chi connectivity index (χ0n) is 18.4. The van der Waals surface area contributed by atoms with Crippen LogP contribution in [0.4, 0.5) is 0 Å². The van der Waals surface area contributed by atoms with E-state index in [0.717, 1.165) is 11.1 Å². The topological polar surface area (TPSA) is 66.0 Å². The van der Waals surface area contributed by atoms with Gasteiger partial charge in [0.1, 0.15) is 0 Å². The van der Waals surface area contributed by atoms with Crippen molar-refractivity contribution in [1.29, 1.82) is 0 Å². The molecule has 1 amide bonds. The largest absolute Gasteiger partial charge is 0.493 e. The number of amides is 1. The van der Waals surface area contributed by atoms with Gasteiger partial charge in [0.05, 0.1) is 26.4 Å². The van der Waals surface area contributed by atoms with Crippen LogP contribution in [-0.2, 0) is 4.79 Å². The van der Waals surface area contributed by atoms with Crippen molar-refractivity contribution < 1.29 is 23.7 Å². The lowest BCUT2D eigenvalue weighted by molar-refractivity contribution is -0.123. The summed E-state index contributed by atoms with van der Waals surface area (Å²) in [7, 11) is 1.58. The molecule has 2 aromatic carbocycles. The van der Waals surface area contributed by atoms with Crippen molar-refractivity contribution in [2.45, 2.75) is 33.7 Å². The van der Waals surface area contributed by atoms with Crippen LogP contribution in [0.25, 0.3) is 6.08 Å². The van der Waals surface area contributed by atoms with Gasteiger partial charge in [0.15, 0.2) is 29.6 Å². The van der Waals surface area contributed by atoms with Crippen LogP contribution in [-0.4, -0.2) is 32.8 Å². The highest BCUT2D eigenvalue weighted by Gasteiger charge is 2.14. The summed E-state index contributed by atoms with van der Waals surface area (Å²) in [6.45, 7) is 8.69. The van der Waals surface area contributed by atoms with E-state index in [1.54, 1.807) is 13.2 Å². The maximum Gasteiger partial charge on any atom is 0.258 e. The second-order valence-electron chi connectivity index (χ2n) is 6.56. The molecular weight excluding hydrogens is 382 g/mol. The molecule has 6 heteroatoms. The number of hydrogen-bond donors (Lipinski definition) is 1. The van der Waals surface area contributed by atoms with Crippen molar-refractivity contribution in [3.8, 4) is 23.0 Å². The molecule has 1 atom stereocenters. The van der Waals surface area contributed by atoms with Crippen molar-refractivity contribution in [3.05, 3.63) is 53.6 Å². The Morgan fingerprint density at radius 2 is 1.63 bits per heavy atom. The maximum absolute atomic E-state index is 12.4. The van der Waals surface area contributed by atoms with Gasteiger partial charge in [-0.15, -0.1) is 0 Å². The molecule has 2 rings (SSSR count). The van der Waals surface area contributed by atoms with Crippen LogP contribution in [0.3, 0.4) is 0 Å². The highest BCUT2D eigenvalue weighted by molar-refractivity contribution is 5.78. The van der Waals surface area contributed by atoms with Crippen LogP contribution in [0.2, 0.25) is 0 Å². The lowest BCUT2D eigenvalue weighted by Crippen LogP contribution is -2.31. The number of carbonyl (C=O) groups excluding carboxylic acids is 1. The molecule has 0 saturated carbocycles. The number of rotatable bonds is 11. The summed E-state index contributed by atoms with van der Waals surface area (Å²) >= 11 is 0. The van der Waals surface area contributed by atoms with Crippen LogP contribution >= 0.6 is 0 Å². The summed E-state index contributed by atoms with van der Waals surface area (Å²) in [5.74, 6) is 2.24. The first-order valence-electron chi connectivity index (χ1n) is 10.1. The average Bonchev–Trinajstić information content (AvgIpc) is 2.74. The molecule has 2 aromatic rings. The fourth-order valence-corrected chi connectivity index (χ4v) is 2.95. The smallest absolute Gasteiger partial charge is 0.258 e. The van der Waals surface area contributed by atoms with E-state index in [1.165, 1.54) is 0 Å². The van der Waals surface area contributed by atoms with Crippen LogP contribution < -0.4 is 24.3 Å². The van der Waals surface area contributed by atoms with E-state index < -0.39 is 0 Å². The average molecular weight is 414 g/mol. The van der Waals surface area contributed by atoms with E-state index in [2.05, 4.69) is 5.32 Å². The van der Waals surface area contributed by atoms with Crippen LogP contribution in [0, 0.1) is 0 Å². The fraction of sp³-hybridized carbons (Fsp3) is 0.375. The molecule has 0 bridgehead atoms. The summed E-state index contributed by atoms with van der Waals surface area (Å²) < 4.78 is 22.3. The third-order valence-electron chi connectivity index (χ3n) is 4.35. The Bertz CT molecular complexity index is 863. The predicted molar refractivity (Wildman–Crippen MR) is 119 cm³/mol. The summed E-state index contributed by atoms with van der Waals surface area (Å²) in [5.41, 5.74) is 1.92. The van der Waals surface area contributed by atoms with Gasteiger partial charge in [-0.2, -0.15) is 0 Å². The molecule has 0 aliphatic carbocycles. The van der Waals surface area contributed by atoms with E-state index >= 15 is 0 Å². The van der Waals surface area contributed by atoms with Crippen LogP contribution in [0.15, 0.2) is 42.5 Å². The van der Waals surface area contributed by atoms with Gasteiger partial charge >= 0.3 is 0 Å². The second-order valence-corrected chi connectivity index (χ2v) is 6.56. The number of carbonyl (C=O) groups is 1. The van der Waals surface area contributed by atoms with Gasteiger partial charge in [-0.25, -0.2) is 0 Å². The Morgan fingerprint density at radius 1 is 0.967 bits per heavy atom. The van der Waals surface area contributed by atoms with Crippen molar-refractivity contribution in [2.75, 3.05) is 26.9 Å². The van der Waals surface area contributed by atoms with Crippen molar-refractivity contribution in [3.63, 3.8) is 0 Å². The molecule has 1 N–H and O–H groups in total. The zero-order valence-corrected chi connectivity index (χ0v) is 18.4. The van der Waals surface area contributed by atoms with Gasteiger partial charge in [0, 0.05) is 0 Å². The van der Waals surface area contributed by atoms with Crippen molar-refractivity contribution >= 4 is 12.0 Å². The van der Waals surface area contributed by atoms with E-state index in [0.29, 0.717) is 36.2 Å². The Hall–Kier alpha value is -3.15. The third-order valence-corrected chi connectivity index (χ3v) is 4.35. The molecule has 0 aliphatic rings. The summed E-state index contributed by atoms with van der Waals surface area (Å²) in [4.78, 5) is 12.4. The molecule has 1 unspecified atom stereocenters. The Balaban J connectivity index is 2.00. The lowest BCUT2D eigenvalue weighted by atomic mass is 10.1. The first-order valence-corrected chi connectivity index (χ1v) is 10.1. The molecule has 0 aliphatic heterocycles. The predicted octanol–water partition coefficient (Wildman–Crippen LogP) is 4.78. The van der Waals surface area contributed by atoms with Gasteiger partial charge in [0.2, 0.25) is 0 Å². The van der Waals surface area contributed by atoms with Gasteiger partial charge in [-0.3, -0.25) is 4.79 Å². The van der Waals surface area contributed by atoms with Gasteiger partial charge in [-0.05, 0) is 63.1 Å². The van der Waals surface area contributed by atoms with Gasteiger partial charge in [-0.1, -0.05) is 24.3 Å². The Kier molecular flexibility index (Phi) is 9.06. The van der Waals surface area contributed by atoms with E-state index in [9.17, 15) is 4.79 Å². The quantitative estimate of drug-likeness (QED) is 0.574. The molecule has 0 aromatic heterocycles. The summed E-state index contributed by atoms with van der Waals surface area (Å²) in [6.07, 6.45) is 3.91. The Labute approximate surface area is 178 Å². The number of nitrogens with one attached hydrogen (secondary N) is 1. The highest BCUT2D eigenvalue weighted by atomic mass is 16.5. The van der Waals surface area contributed by atoms with E-state index in [-0.39, 0.29) is 18.6 Å². The minimum atomic E-state index is -0.228. The normalized spacial score (nSPS) is 11.8. The molecule has 162 valence electrons. The lowest BCUT2D eigenvalue weighted by Gasteiger charge is -2.18. The standard InChI is InChI=1S/C24H31NO5/c1-6-9-18-10-12-20(22(14-18)27-5)30-16-24(26)25-17(4)19-11-13-21(28-7-2)23(15-19)29-8-3/h6,9-15,17H,7-8,16H2,1-5H3,(H,25,26)/b9-6+. The third kappa shape index (κ3) is 6.44. The highest BCUT2D eigenvalue weighted by Crippen LogP contribution is 2.31. The Morgan fingerprint density at radius 3 is 2.30 bits per heavy atom. The van der Waals surface area contributed by atoms with E-state index in [1.807, 2.05) is 70.2 Å². The summed E-state index contributed by atoms with van der Waals surface area (Å²) in [5, 5.41) is 2.94. The van der Waals surface area contributed by atoms with Crippen LogP contribution in [0.5, 0.6) is 23.0 Å². The van der Waals surface area contributed by atoms with Crippen molar-refractivity contribution in [1.82, 2.24) is 5.32 Å². The molecular formula is C24H31NO5. The number of benzene rings is 2. The maximum atomic E-state index is 12.4. The number of hydrogen-bond acceptors (Lipinski definition) is 5. The molecule has 0 heterocycles. The zero-order chi connectivity index (χ0) is 21.9. The number of methoxy groups -OCH3 is 1. The molecule has 0 radical (unpaired) electrons. The molecule has 0 saturated heterocycles. The number of ether oxygens (including phenoxy) is 4. The first-order chi connectivity index (χ1) is 14.5. The molecule has 0 fully saturated rings. The molecule has 6 nitrogen and oxygen atoms in total. The second kappa shape index (κ2) is 11.8. The first kappa shape index (κ1) is 23.1. The fourth-order valence-electron chi connectivity index (χ4n) is 2.95. The van der Waals surface area contributed by atoms with Gasteiger partial charge in [0.25, 0.3) is 5.91 Å². The minimum absolute atomic E-state index is 0.112. The summed E-state index contributed by atoms with van der Waals surface area (Å²) in [6, 6.07) is 11.0. The number of allylic oxidation sites excluding steroid dienone is 1. The van der Waals surface area contributed by atoms with Crippen LogP contribution in [0.1, 0.15) is 44.9 Å². The molecule has 0 spiro atoms.